The minimum atomic E-state index is -1.49. The highest BCUT2D eigenvalue weighted by Crippen LogP contribution is 2.10. The second-order valence-corrected chi connectivity index (χ2v) is 10.5. The van der Waals surface area contributed by atoms with Crippen LogP contribution in [0, 0.1) is 5.92 Å². The fourth-order valence-corrected chi connectivity index (χ4v) is 4.14. The van der Waals surface area contributed by atoms with Crippen LogP contribution in [-0.4, -0.2) is 92.2 Å². The predicted octanol–water partition coefficient (Wildman–Crippen LogP) is 0.637. The molecule has 5 N–H and O–H groups in total. The van der Waals surface area contributed by atoms with Gasteiger partial charge in [0.25, 0.3) is 0 Å². The van der Waals surface area contributed by atoms with Crippen molar-refractivity contribution >= 4 is 25.2 Å². The van der Waals surface area contributed by atoms with Crippen LogP contribution in [0.3, 0.4) is 0 Å². The number of nitrogens with one attached hydrogen (secondary N) is 1. The van der Waals surface area contributed by atoms with E-state index in [1.807, 2.05) is 51.1 Å². The van der Waals surface area contributed by atoms with Crippen LogP contribution in [0.2, 0.25) is 0 Å². The Hall–Kier alpha value is -1.79. The van der Waals surface area contributed by atoms with Crippen LogP contribution in [-0.2, 0) is 31.9 Å². The van der Waals surface area contributed by atoms with Gasteiger partial charge in [-0.25, -0.2) is 0 Å². The van der Waals surface area contributed by atoms with E-state index >= 15 is 0 Å². The van der Waals surface area contributed by atoms with Crippen LogP contribution in [0.25, 0.3) is 0 Å². The van der Waals surface area contributed by atoms with Crippen molar-refractivity contribution in [1.82, 2.24) is 5.32 Å². The van der Waals surface area contributed by atoms with Gasteiger partial charge in [0.1, 0.15) is 0 Å². The quantitative estimate of drug-likeness (QED) is 0.111. The van der Waals surface area contributed by atoms with E-state index in [0.29, 0.717) is 63.0 Å². The Morgan fingerprint density at radius 2 is 1.18 bits per heavy atom. The third kappa shape index (κ3) is 13.7. The summed E-state index contributed by atoms with van der Waals surface area (Å²) in [6.07, 6.45) is 1.56. The Morgan fingerprint density at radius 1 is 0.675 bits per heavy atom. The second kappa shape index (κ2) is 19.4. The summed E-state index contributed by atoms with van der Waals surface area (Å²) in [6.45, 7) is 11.6. The lowest BCUT2D eigenvalue weighted by molar-refractivity contribution is -0.0490. The standard InChI is InChI=1S/C29H47B2NO8/c1-22(13-14-26-9-5-7-11-28(26)30(33)34)18-39-24(3)20-37-15-16-38-21-25(4)40-19-23(2)32-17-27-10-6-8-12-29(27)31(35)36/h5-12,22-25,32-36H,13-21H2,1-4H3. The highest BCUT2D eigenvalue weighted by Gasteiger charge is 2.17. The van der Waals surface area contributed by atoms with Gasteiger partial charge in [-0.2, -0.15) is 0 Å². The van der Waals surface area contributed by atoms with Crippen LogP contribution in [0.4, 0.5) is 0 Å². The fourth-order valence-electron chi connectivity index (χ4n) is 4.14. The summed E-state index contributed by atoms with van der Waals surface area (Å²) < 4.78 is 23.1. The fraction of sp³-hybridized carbons (Fsp3) is 0.586. The molecule has 40 heavy (non-hydrogen) atoms. The third-order valence-electron chi connectivity index (χ3n) is 6.59. The van der Waals surface area contributed by atoms with Gasteiger partial charge in [0.15, 0.2) is 0 Å². The molecule has 0 amide bonds. The average Bonchev–Trinajstić information content (AvgIpc) is 2.94. The summed E-state index contributed by atoms with van der Waals surface area (Å²) in [5.41, 5.74) is 2.86. The molecule has 9 nitrogen and oxygen atoms in total. The molecule has 0 spiro atoms. The Morgan fingerprint density at radius 3 is 1.75 bits per heavy atom. The molecule has 0 bridgehead atoms. The number of hydrogen-bond acceptors (Lipinski definition) is 9. The maximum atomic E-state index is 9.51. The number of aryl methyl sites for hydroxylation is 1. The maximum absolute atomic E-state index is 9.51. The van der Waals surface area contributed by atoms with E-state index in [4.69, 9.17) is 18.9 Å². The minimum Gasteiger partial charge on any atom is -0.423 e. The van der Waals surface area contributed by atoms with Crippen molar-refractivity contribution in [1.29, 1.82) is 0 Å². The average molecular weight is 559 g/mol. The van der Waals surface area contributed by atoms with E-state index < -0.39 is 14.2 Å². The smallest absolute Gasteiger partial charge is 0.423 e. The molecule has 4 unspecified atom stereocenters. The first-order valence-electron chi connectivity index (χ1n) is 14.2. The molecule has 0 aliphatic rings. The first-order valence-corrected chi connectivity index (χ1v) is 14.2. The van der Waals surface area contributed by atoms with Crippen LogP contribution >= 0.6 is 0 Å². The number of hydrogen-bond donors (Lipinski definition) is 5. The van der Waals surface area contributed by atoms with Crippen molar-refractivity contribution in [3.63, 3.8) is 0 Å². The molecule has 0 heterocycles. The molecule has 0 radical (unpaired) electrons. The van der Waals surface area contributed by atoms with Gasteiger partial charge < -0.3 is 44.4 Å². The van der Waals surface area contributed by atoms with Gasteiger partial charge >= 0.3 is 14.2 Å². The Kier molecular flexibility index (Phi) is 16.6. The van der Waals surface area contributed by atoms with Crippen LogP contribution in [0.1, 0.15) is 45.2 Å². The minimum absolute atomic E-state index is 0.0298. The first kappa shape index (κ1) is 34.4. The zero-order chi connectivity index (χ0) is 29.3. The summed E-state index contributed by atoms with van der Waals surface area (Å²) in [7, 11) is -2.93. The molecule has 2 aromatic rings. The Bertz CT molecular complexity index is 876. The van der Waals surface area contributed by atoms with Crippen molar-refractivity contribution in [2.45, 2.75) is 65.3 Å². The molecule has 0 fully saturated rings. The Labute approximate surface area is 240 Å². The summed E-state index contributed by atoms with van der Waals surface area (Å²) in [4.78, 5) is 0. The molecular weight excluding hydrogens is 512 g/mol. The molecule has 0 aromatic heterocycles. The molecule has 2 aromatic carbocycles. The molecule has 0 aliphatic heterocycles. The largest absolute Gasteiger partial charge is 0.488 e. The van der Waals surface area contributed by atoms with E-state index in [-0.39, 0.29) is 18.2 Å². The zero-order valence-electron chi connectivity index (χ0n) is 24.4. The number of ether oxygens (including phenoxy) is 4. The predicted molar refractivity (Wildman–Crippen MR) is 159 cm³/mol. The van der Waals surface area contributed by atoms with Crippen molar-refractivity contribution < 1.29 is 39.0 Å². The van der Waals surface area contributed by atoms with Crippen LogP contribution in [0.5, 0.6) is 0 Å². The van der Waals surface area contributed by atoms with E-state index in [2.05, 4.69) is 12.2 Å². The molecule has 11 heteroatoms. The molecule has 2 rings (SSSR count). The van der Waals surface area contributed by atoms with Gasteiger partial charge in [-0.15, -0.1) is 0 Å². The molecule has 0 saturated carbocycles. The van der Waals surface area contributed by atoms with Gasteiger partial charge in [0.2, 0.25) is 0 Å². The van der Waals surface area contributed by atoms with Gasteiger partial charge in [0.05, 0.1) is 45.2 Å². The Balaban J connectivity index is 1.48. The first-order chi connectivity index (χ1) is 19.2. The lowest BCUT2D eigenvalue weighted by Gasteiger charge is -2.19. The summed E-state index contributed by atoms with van der Waals surface area (Å²) in [5.74, 6) is 0.332. The molecule has 0 aliphatic carbocycles. The van der Waals surface area contributed by atoms with Crippen LogP contribution in [0.15, 0.2) is 48.5 Å². The summed E-state index contributed by atoms with van der Waals surface area (Å²) >= 11 is 0. The molecule has 222 valence electrons. The SMILES string of the molecule is CC(CCc1ccccc1B(O)O)COC(C)COCCOCC(C)OCC(C)NCc1ccccc1B(O)O. The van der Waals surface area contributed by atoms with Gasteiger partial charge in [-0.05, 0) is 61.6 Å². The van der Waals surface area contributed by atoms with E-state index in [1.165, 1.54) is 0 Å². The molecule has 4 atom stereocenters. The third-order valence-corrected chi connectivity index (χ3v) is 6.59. The van der Waals surface area contributed by atoms with Crippen molar-refractivity contribution in [2.75, 3.05) is 39.6 Å². The number of benzene rings is 2. The maximum Gasteiger partial charge on any atom is 0.488 e. The number of rotatable bonds is 21. The van der Waals surface area contributed by atoms with Crippen molar-refractivity contribution in [3.05, 3.63) is 59.7 Å². The lowest BCUT2D eigenvalue weighted by Crippen LogP contribution is -2.37. The van der Waals surface area contributed by atoms with E-state index in [0.717, 1.165) is 24.0 Å². The van der Waals surface area contributed by atoms with E-state index in [9.17, 15) is 20.1 Å². The van der Waals surface area contributed by atoms with Crippen molar-refractivity contribution in [2.24, 2.45) is 5.92 Å². The zero-order valence-corrected chi connectivity index (χ0v) is 24.4. The molecular formula is C29H47B2NO8. The van der Waals surface area contributed by atoms with Crippen LogP contribution < -0.4 is 16.2 Å². The monoisotopic (exact) mass is 559 g/mol. The normalized spacial score (nSPS) is 14.5. The highest BCUT2D eigenvalue weighted by molar-refractivity contribution is 6.59. The molecule has 0 saturated heterocycles. The summed E-state index contributed by atoms with van der Waals surface area (Å²) in [6, 6.07) is 14.7. The lowest BCUT2D eigenvalue weighted by atomic mass is 9.76. The highest BCUT2D eigenvalue weighted by atomic mass is 16.6. The van der Waals surface area contributed by atoms with Gasteiger partial charge in [0, 0.05) is 19.2 Å². The van der Waals surface area contributed by atoms with Gasteiger partial charge in [-0.3, -0.25) is 0 Å². The van der Waals surface area contributed by atoms with Crippen molar-refractivity contribution in [3.8, 4) is 0 Å². The van der Waals surface area contributed by atoms with E-state index in [1.54, 1.807) is 18.2 Å². The summed E-state index contributed by atoms with van der Waals surface area (Å²) in [5, 5.41) is 41.3. The topological polar surface area (TPSA) is 130 Å². The second-order valence-electron chi connectivity index (χ2n) is 10.5. The van der Waals surface area contributed by atoms with Gasteiger partial charge in [-0.1, -0.05) is 55.5 Å².